The molecule has 1 N–H and O–H groups in total. The molecule has 2 aromatic carbocycles. The van der Waals surface area contributed by atoms with E-state index in [-0.39, 0.29) is 11.8 Å². The molecule has 1 saturated heterocycles. The molecule has 0 bridgehead atoms. The predicted octanol–water partition coefficient (Wildman–Crippen LogP) is 4.92. The van der Waals surface area contributed by atoms with E-state index in [1.807, 2.05) is 31.2 Å². The minimum absolute atomic E-state index is 0.0278. The number of aromatic nitrogens is 2. The van der Waals surface area contributed by atoms with Crippen LogP contribution in [0.1, 0.15) is 29.5 Å². The third kappa shape index (κ3) is 4.51. The first-order chi connectivity index (χ1) is 14.5. The molecule has 30 heavy (non-hydrogen) atoms. The number of hydrogen-bond donors (Lipinski definition) is 1. The van der Waals surface area contributed by atoms with Crippen molar-refractivity contribution < 1.29 is 4.79 Å². The highest BCUT2D eigenvalue weighted by atomic mass is 16.1. The first-order valence-corrected chi connectivity index (χ1v) is 10.5. The van der Waals surface area contributed by atoms with Crippen LogP contribution in [0.15, 0.2) is 54.9 Å². The number of amides is 1. The van der Waals surface area contributed by atoms with Crippen LogP contribution in [0.4, 0.5) is 11.5 Å². The van der Waals surface area contributed by atoms with E-state index in [0.29, 0.717) is 0 Å². The van der Waals surface area contributed by atoms with Gasteiger partial charge in [0, 0.05) is 36.3 Å². The predicted molar refractivity (Wildman–Crippen MR) is 122 cm³/mol. The van der Waals surface area contributed by atoms with Gasteiger partial charge in [-0.3, -0.25) is 4.79 Å². The molecule has 154 valence electrons. The number of nitrogens with zero attached hydrogens (tertiary/aromatic N) is 3. The minimum atomic E-state index is 0.0278. The average molecular weight is 401 g/mol. The lowest BCUT2D eigenvalue weighted by atomic mass is 9.95. The van der Waals surface area contributed by atoms with Crippen LogP contribution in [0.3, 0.4) is 0 Å². The first kappa shape index (κ1) is 20.1. The number of carbonyl (C=O) groups is 1. The summed E-state index contributed by atoms with van der Waals surface area (Å²) in [5.41, 5.74) is 6.45. The molecule has 0 spiro atoms. The molecule has 1 aliphatic heterocycles. The van der Waals surface area contributed by atoms with E-state index in [4.69, 9.17) is 0 Å². The van der Waals surface area contributed by atoms with Crippen molar-refractivity contribution in [3.05, 3.63) is 71.5 Å². The van der Waals surface area contributed by atoms with Crippen LogP contribution in [0.2, 0.25) is 0 Å². The fourth-order valence-corrected chi connectivity index (χ4v) is 4.04. The number of aryl methyl sites for hydroxylation is 3. The number of anilines is 2. The zero-order valence-corrected chi connectivity index (χ0v) is 17.9. The van der Waals surface area contributed by atoms with Gasteiger partial charge in [-0.2, -0.15) is 0 Å². The van der Waals surface area contributed by atoms with Crippen molar-refractivity contribution >= 4 is 17.4 Å². The molecule has 0 saturated carbocycles. The van der Waals surface area contributed by atoms with Gasteiger partial charge < -0.3 is 10.2 Å². The van der Waals surface area contributed by atoms with Crippen molar-refractivity contribution in [2.45, 2.75) is 33.6 Å². The SMILES string of the molecule is Cc1cccc(-c2cc(N3CCC(C(=O)Nc4ccc(C)cc4C)CC3)ncn2)c1. The van der Waals surface area contributed by atoms with Crippen molar-refractivity contribution in [1.82, 2.24) is 9.97 Å². The van der Waals surface area contributed by atoms with Gasteiger partial charge in [0.05, 0.1) is 5.69 Å². The second kappa shape index (κ2) is 8.66. The van der Waals surface area contributed by atoms with Crippen LogP contribution >= 0.6 is 0 Å². The van der Waals surface area contributed by atoms with Crippen molar-refractivity contribution in [1.29, 1.82) is 0 Å². The van der Waals surface area contributed by atoms with Gasteiger partial charge in [0.25, 0.3) is 0 Å². The normalized spacial score (nSPS) is 14.6. The molecule has 0 radical (unpaired) electrons. The van der Waals surface area contributed by atoms with E-state index in [2.05, 4.69) is 58.3 Å². The summed E-state index contributed by atoms with van der Waals surface area (Å²) >= 11 is 0. The van der Waals surface area contributed by atoms with Crippen molar-refractivity contribution in [2.24, 2.45) is 5.92 Å². The maximum atomic E-state index is 12.8. The second-order valence-electron chi connectivity index (χ2n) is 8.20. The molecule has 1 aromatic heterocycles. The maximum Gasteiger partial charge on any atom is 0.227 e. The first-order valence-electron chi connectivity index (χ1n) is 10.5. The third-order valence-electron chi connectivity index (χ3n) is 5.80. The van der Waals surface area contributed by atoms with E-state index in [0.717, 1.165) is 54.3 Å². The lowest BCUT2D eigenvalue weighted by Gasteiger charge is -2.32. The van der Waals surface area contributed by atoms with Gasteiger partial charge in [-0.05, 0) is 51.3 Å². The highest BCUT2D eigenvalue weighted by Crippen LogP contribution is 2.26. The third-order valence-corrected chi connectivity index (χ3v) is 5.80. The second-order valence-corrected chi connectivity index (χ2v) is 8.20. The van der Waals surface area contributed by atoms with E-state index >= 15 is 0 Å². The van der Waals surface area contributed by atoms with Gasteiger partial charge in [0.2, 0.25) is 5.91 Å². The molecule has 1 amide bonds. The summed E-state index contributed by atoms with van der Waals surface area (Å²) in [6, 6.07) is 16.5. The Balaban J connectivity index is 1.40. The van der Waals surface area contributed by atoms with E-state index in [1.54, 1.807) is 6.33 Å². The van der Waals surface area contributed by atoms with E-state index in [1.165, 1.54) is 11.1 Å². The Morgan fingerprint density at radius 3 is 2.47 bits per heavy atom. The smallest absolute Gasteiger partial charge is 0.227 e. The fraction of sp³-hybridized carbons (Fsp3) is 0.320. The quantitative estimate of drug-likeness (QED) is 0.675. The Morgan fingerprint density at radius 1 is 0.967 bits per heavy atom. The Morgan fingerprint density at radius 2 is 1.73 bits per heavy atom. The number of piperidine rings is 1. The van der Waals surface area contributed by atoms with Gasteiger partial charge in [-0.25, -0.2) is 9.97 Å². The zero-order valence-electron chi connectivity index (χ0n) is 17.9. The Hall–Kier alpha value is -3.21. The van der Waals surface area contributed by atoms with Crippen molar-refractivity contribution in [3.63, 3.8) is 0 Å². The lowest BCUT2D eigenvalue weighted by Crippen LogP contribution is -2.38. The summed E-state index contributed by atoms with van der Waals surface area (Å²) < 4.78 is 0. The summed E-state index contributed by atoms with van der Waals surface area (Å²) in [4.78, 5) is 23.9. The molecule has 5 nitrogen and oxygen atoms in total. The van der Waals surface area contributed by atoms with Gasteiger partial charge in [0.1, 0.15) is 12.1 Å². The molecule has 0 unspecified atom stereocenters. The van der Waals surface area contributed by atoms with Gasteiger partial charge in [0.15, 0.2) is 0 Å². The molecule has 0 aliphatic carbocycles. The summed E-state index contributed by atoms with van der Waals surface area (Å²) in [6.45, 7) is 7.81. The van der Waals surface area contributed by atoms with Gasteiger partial charge >= 0.3 is 0 Å². The Labute approximate surface area is 178 Å². The van der Waals surface area contributed by atoms with Crippen LogP contribution < -0.4 is 10.2 Å². The van der Waals surface area contributed by atoms with Crippen LogP contribution in [0, 0.1) is 26.7 Å². The van der Waals surface area contributed by atoms with Crippen molar-refractivity contribution in [3.8, 4) is 11.3 Å². The van der Waals surface area contributed by atoms with Crippen LogP contribution in [-0.4, -0.2) is 29.0 Å². The van der Waals surface area contributed by atoms with Crippen molar-refractivity contribution in [2.75, 3.05) is 23.3 Å². The number of hydrogen-bond acceptors (Lipinski definition) is 4. The number of benzene rings is 2. The van der Waals surface area contributed by atoms with Crippen LogP contribution in [0.25, 0.3) is 11.3 Å². The van der Waals surface area contributed by atoms with Gasteiger partial charge in [-0.15, -0.1) is 0 Å². The highest BCUT2D eigenvalue weighted by molar-refractivity contribution is 5.93. The zero-order chi connectivity index (χ0) is 21.1. The molecule has 1 fully saturated rings. The summed E-state index contributed by atoms with van der Waals surface area (Å²) in [6.07, 6.45) is 3.27. The Kier molecular flexibility index (Phi) is 5.79. The molecule has 5 heteroatoms. The van der Waals surface area contributed by atoms with E-state index < -0.39 is 0 Å². The largest absolute Gasteiger partial charge is 0.356 e. The standard InChI is InChI=1S/C25H28N4O/c1-17-5-4-6-21(14-17)23-15-24(27-16-26-23)29-11-9-20(10-12-29)25(30)28-22-8-7-18(2)13-19(22)3/h4-8,13-16,20H,9-12H2,1-3H3,(H,28,30). The summed E-state index contributed by atoms with van der Waals surface area (Å²) in [5, 5.41) is 3.11. The maximum absolute atomic E-state index is 12.8. The summed E-state index contributed by atoms with van der Waals surface area (Å²) in [5.74, 6) is 1.07. The molecule has 4 rings (SSSR count). The average Bonchev–Trinajstić information content (AvgIpc) is 2.76. The van der Waals surface area contributed by atoms with Crippen LogP contribution in [0.5, 0.6) is 0 Å². The Bertz CT molecular complexity index is 1050. The summed E-state index contributed by atoms with van der Waals surface area (Å²) in [7, 11) is 0. The van der Waals surface area contributed by atoms with E-state index in [9.17, 15) is 4.79 Å². The number of nitrogens with one attached hydrogen (secondary N) is 1. The topological polar surface area (TPSA) is 58.1 Å². The fourth-order valence-electron chi connectivity index (χ4n) is 4.04. The molecular weight excluding hydrogens is 372 g/mol. The molecule has 3 aromatic rings. The number of rotatable bonds is 4. The molecule has 1 aliphatic rings. The van der Waals surface area contributed by atoms with Crippen LogP contribution in [-0.2, 0) is 4.79 Å². The monoisotopic (exact) mass is 400 g/mol. The number of carbonyl (C=O) groups excluding carboxylic acids is 1. The molecule has 0 atom stereocenters. The van der Waals surface area contributed by atoms with Gasteiger partial charge in [-0.1, -0.05) is 41.5 Å². The molecule has 2 heterocycles. The molecular formula is C25H28N4O. The minimum Gasteiger partial charge on any atom is -0.356 e. The lowest BCUT2D eigenvalue weighted by molar-refractivity contribution is -0.120. The highest BCUT2D eigenvalue weighted by Gasteiger charge is 2.26.